The molecule has 0 aliphatic carbocycles. The summed E-state index contributed by atoms with van der Waals surface area (Å²) in [6, 6.07) is 21.3. The van der Waals surface area contributed by atoms with Crippen LogP contribution in [0.1, 0.15) is 21.6 Å². The monoisotopic (exact) mass is 404 g/mol. The van der Waals surface area contributed by atoms with E-state index in [1.54, 1.807) is 36.4 Å². The Labute approximate surface area is 171 Å². The molecule has 0 bridgehead atoms. The maximum absolute atomic E-state index is 13.3. The van der Waals surface area contributed by atoms with E-state index in [2.05, 4.69) is 0 Å². The number of nitrogens with two attached hydrogens (primary N) is 1. The maximum Gasteiger partial charge on any atom is 0.269 e. The zero-order chi connectivity index (χ0) is 20.5. The summed E-state index contributed by atoms with van der Waals surface area (Å²) in [5, 5.41) is 12.1. The predicted molar refractivity (Wildman–Crippen MR) is 114 cm³/mol. The van der Waals surface area contributed by atoms with E-state index in [0.29, 0.717) is 27.9 Å². The Hall–Kier alpha value is -3.57. The first kappa shape index (κ1) is 18.8. The van der Waals surface area contributed by atoms with E-state index in [1.165, 1.54) is 0 Å². The molecule has 3 aromatic carbocycles. The molecule has 0 radical (unpaired) electrons. The summed E-state index contributed by atoms with van der Waals surface area (Å²) in [6.45, 7) is 0. The van der Waals surface area contributed by atoms with Crippen molar-refractivity contribution in [2.75, 3.05) is 0 Å². The van der Waals surface area contributed by atoms with Gasteiger partial charge in [-0.1, -0.05) is 54.1 Å². The molecule has 0 spiro atoms. The van der Waals surface area contributed by atoms with Crippen LogP contribution in [0, 0.1) is 0 Å². The zero-order valence-electron chi connectivity index (χ0n) is 15.3. The topological polar surface area (TPSA) is 85.3 Å². The van der Waals surface area contributed by atoms with Gasteiger partial charge in [-0.3, -0.25) is 14.2 Å². The summed E-state index contributed by atoms with van der Waals surface area (Å²) < 4.78 is 1.13. The Bertz CT molecular complexity index is 1280. The van der Waals surface area contributed by atoms with E-state index >= 15 is 0 Å². The Morgan fingerprint density at radius 1 is 0.966 bits per heavy atom. The minimum absolute atomic E-state index is 0.259. The van der Waals surface area contributed by atoms with Gasteiger partial charge in [-0.15, -0.1) is 0 Å². The average Bonchev–Trinajstić information content (AvgIpc) is 2.71. The van der Waals surface area contributed by atoms with Gasteiger partial charge in [0.25, 0.3) is 11.5 Å². The normalized spacial score (nSPS) is 10.9. The Morgan fingerprint density at radius 2 is 1.66 bits per heavy atom. The molecule has 1 aromatic heterocycles. The van der Waals surface area contributed by atoms with Crippen LogP contribution in [0.2, 0.25) is 5.02 Å². The minimum Gasteiger partial charge on any atom is -0.505 e. The van der Waals surface area contributed by atoms with E-state index in [9.17, 15) is 14.7 Å². The second kappa shape index (κ2) is 7.45. The van der Waals surface area contributed by atoms with Crippen LogP contribution in [-0.4, -0.2) is 15.6 Å². The van der Waals surface area contributed by atoms with Gasteiger partial charge < -0.3 is 10.8 Å². The lowest BCUT2D eigenvalue weighted by Gasteiger charge is -2.16. The first-order chi connectivity index (χ1) is 14.0. The molecular weight excluding hydrogens is 388 g/mol. The number of amides is 1. The number of rotatable bonds is 4. The highest BCUT2D eigenvalue weighted by molar-refractivity contribution is 6.30. The van der Waals surface area contributed by atoms with Crippen LogP contribution in [0.3, 0.4) is 0 Å². The van der Waals surface area contributed by atoms with E-state index < -0.39 is 11.5 Å². The van der Waals surface area contributed by atoms with Crippen molar-refractivity contribution >= 4 is 28.3 Å². The summed E-state index contributed by atoms with van der Waals surface area (Å²) >= 11 is 5.94. The second-order valence-electron chi connectivity index (χ2n) is 6.68. The van der Waals surface area contributed by atoms with Crippen LogP contribution in [0.15, 0.2) is 77.6 Å². The third-order valence-corrected chi connectivity index (χ3v) is 5.08. The molecule has 4 aromatic rings. The lowest BCUT2D eigenvalue weighted by atomic mass is 9.97. The summed E-state index contributed by atoms with van der Waals surface area (Å²) in [6.07, 6.45) is 0.494. The Balaban J connectivity index is 2.04. The van der Waals surface area contributed by atoms with Crippen LogP contribution < -0.4 is 11.3 Å². The molecular formula is C23H17ClN2O3. The second-order valence-corrected chi connectivity index (χ2v) is 7.12. The molecule has 5 nitrogen and oxygen atoms in total. The molecule has 6 heteroatoms. The fourth-order valence-electron chi connectivity index (χ4n) is 3.53. The number of nitrogens with zero attached hydrogens (tertiary/aromatic N) is 1. The van der Waals surface area contributed by atoms with Gasteiger partial charge >= 0.3 is 0 Å². The van der Waals surface area contributed by atoms with Gasteiger partial charge in [0, 0.05) is 16.1 Å². The quantitative estimate of drug-likeness (QED) is 0.538. The van der Waals surface area contributed by atoms with Crippen molar-refractivity contribution in [1.29, 1.82) is 0 Å². The molecule has 1 heterocycles. The van der Waals surface area contributed by atoms with Crippen LogP contribution in [-0.2, 0) is 6.42 Å². The van der Waals surface area contributed by atoms with Gasteiger partial charge in [0.2, 0.25) is 0 Å². The molecule has 0 saturated carbocycles. The largest absolute Gasteiger partial charge is 0.505 e. The van der Waals surface area contributed by atoms with Crippen molar-refractivity contribution in [3.8, 4) is 11.4 Å². The van der Waals surface area contributed by atoms with Crippen LogP contribution in [0.4, 0.5) is 0 Å². The fourth-order valence-corrected chi connectivity index (χ4v) is 3.66. The van der Waals surface area contributed by atoms with Gasteiger partial charge in [0.05, 0.1) is 5.39 Å². The smallest absolute Gasteiger partial charge is 0.269 e. The van der Waals surface area contributed by atoms with Crippen LogP contribution in [0.25, 0.3) is 16.5 Å². The van der Waals surface area contributed by atoms with Crippen molar-refractivity contribution < 1.29 is 9.90 Å². The molecule has 0 atom stereocenters. The van der Waals surface area contributed by atoms with Crippen molar-refractivity contribution in [3.63, 3.8) is 0 Å². The lowest BCUT2D eigenvalue weighted by Crippen LogP contribution is -2.28. The molecule has 144 valence electrons. The summed E-state index contributed by atoms with van der Waals surface area (Å²) in [7, 11) is 0. The molecule has 0 saturated heterocycles. The number of hydrogen-bond acceptors (Lipinski definition) is 3. The highest BCUT2D eigenvalue weighted by atomic mass is 35.5. The maximum atomic E-state index is 13.3. The van der Waals surface area contributed by atoms with Crippen molar-refractivity contribution in [1.82, 2.24) is 4.57 Å². The van der Waals surface area contributed by atoms with Gasteiger partial charge in [-0.05, 0) is 47.9 Å². The standard InChI is InChI=1S/C23H17ClN2O3/c24-16-9-11-17(12-10-16)26-20(22(25)28)21(27)19-15(7-4-8-18(19)23(26)29)13-14-5-2-1-3-6-14/h1-12,27H,13H2,(H2,25,28). The van der Waals surface area contributed by atoms with E-state index in [4.69, 9.17) is 17.3 Å². The van der Waals surface area contributed by atoms with Crippen LogP contribution >= 0.6 is 11.6 Å². The van der Waals surface area contributed by atoms with E-state index in [1.807, 2.05) is 36.4 Å². The number of halogens is 1. The molecule has 0 fully saturated rings. The molecule has 1 amide bonds. The zero-order valence-corrected chi connectivity index (χ0v) is 16.1. The van der Waals surface area contributed by atoms with Crippen molar-refractivity contribution in [3.05, 3.63) is 105 Å². The predicted octanol–water partition coefficient (Wildman–Crippen LogP) is 4.04. The van der Waals surface area contributed by atoms with Gasteiger partial charge in [-0.25, -0.2) is 0 Å². The number of carbonyl (C=O) groups excluding carboxylic acids is 1. The highest BCUT2D eigenvalue weighted by Crippen LogP contribution is 2.32. The third-order valence-electron chi connectivity index (χ3n) is 4.82. The van der Waals surface area contributed by atoms with Gasteiger partial charge in [0.1, 0.15) is 0 Å². The molecule has 0 unspecified atom stereocenters. The minimum atomic E-state index is -0.897. The summed E-state index contributed by atoms with van der Waals surface area (Å²) in [5.74, 6) is -1.21. The van der Waals surface area contributed by atoms with E-state index in [0.717, 1.165) is 15.7 Å². The molecule has 0 aliphatic rings. The number of primary amides is 1. The first-order valence-electron chi connectivity index (χ1n) is 8.96. The lowest BCUT2D eigenvalue weighted by molar-refractivity contribution is 0.0990. The van der Waals surface area contributed by atoms with Gasteiger partial charge in [-0.2, -0.15) is 0 Å². The summed E-state index contributed by atoms with van der Waals surface area (Å²) in [5.41, 5.74) is 6.99. The van der Waals surface area contributed by atoms with E-state index in [-0.39, 0.29) is 11.4 Å². The highest BCUT2D eigenvalue weighted by Gasteiger charge is 2.23. The number of carbonyl (C=O) groups is 1. The SMILES string of the molecule is NC(=O)c1c(O)c2c(Cc3ccccc3)cccc2c(=O)n1-c1ccc(Cl)cc1. The third kappa shape index (κ3) is 3.37. The molecule has 4 rings (SSSR count). The number of aromatic nitrogens is 1. The van der Waals surface area contributed by atoms with Crippen molar-refractivity contribution in [2.45, 2.75) is 6.42 Å². The Kier molecular flexibility index (Phi) is 4.82. The average molecular weight is 405 g/mol. The molecule has 29 heavy (non-hydrogen) atoms. The molecule has 0 aliphatic heterocycles. The first-order valence-corrected chi connectivity index (χ1v) is 9.34. The van der Waals surface area contributed by atoms with Crippen LogP contribution in [0.5, 0.6) is 5.75 Å². The Morgan fingerprint density at radius 3 is 2.31 bits per heavy atom. The van der Waals surface area contributed by atoms with Crippen molar-refractivity contribution in [2.24, 2.45) is 5.73 Å². The molecule has 3 N–H and O–H groups in total. The number of hydrogen-bond donors (Lipinski definition) is 2. The fraction of sp³-hybridized carbons (Fsp3) is 0.0435. The van der Waals surface area contributed by atoms with Gasteiger partial charge in [0.15, 0.2) is 11.4 Å². The number of aromatic hydroxyl groups is 1. The number of pyridine rings is 1. The summed E-state index contributed by atoms with van der Waals surface area (Å²) in [4.78, 5) is 25.5. The number of fused-ring (bicyclic) bond motifs is 1. The number of benzene rings is 3.